The highest BCUT2D eigenvalue weighted by atomic mass is 19.4. The number of rotatable bonds is 7. The van der Waals surface area contributed by atoms with Gasteiger partial charge in [0.05, 0.1) is 17.9 Å². The van der Waals surface area contributed by atoms with Gasteiger partial charge in [-0.1, -0.05) is 13.8 Å². The molecule has 22 heavy (non-hydrogen) atoms. The second-order valence-corrected chi connectivity index (χ2v) is 4.85. The fourth-order valence-electron chi connectivity index (χ4n) is 1.61. The van der Waals surface area contributed by atoms with Crippen molar-refractivity contribution < 1.29 is 27.4 Å². The first-order valence-corrected chi connectivity index (χ1v) is 6.93. The minimum atomic E-state index is -4.49. The summed E-state index contributed by atoms with van der Waals surface area (Å²) in [6.45, 7) is 3.99. The normalized spacial score (nSPS) is 12.8. The molecule has 0 aromatic heterocycles. The molecule has 0 aliphatic rings. The Balaban J connectivity index is 3.03. The molecule has 0 radical (unpaired) electrons. The number of methoxy groups -OCH3 is 1. The molecule has 7 heteroatoms. The van der Waals surface area contributed by atoms with Crippen molar-refractivity contribution >= 4 is 11.6 Å². The van der Waals surface area contributed by atoms with Gasteiger partial charge in [-0.2, -0.15) is 13.2 Å². The van der Waals surface area contributed by atoms with Crippen molar-refractivity contribution in [1.29, 1.82) is 0 Å². The zero-order valence-corrected chi connectivity index (χ0v) is 12.8. The van der Waals surface area contributed by atoms with Crippen LogP contribution in [0.4, 0.5) is 18.9 Å². The molecule has 1 amide bonds. The van der Waals surface area contributed by atoms with E-state index in [2.05, 4.69) is 5.32 Å². The van der Waals surface area contributed by atoms with Gasteiger partial charge in [0, 0.05) is 13.0 Å². The van der Waals surface area contributed by atoms with Crippen molar-refractivity contribution in [2.75, 3.05) is 25.6 Å². The Bertz CT molecular complexity index is 503. The number of amides is 1. The van der Waals surface area contributed by atoms with Crippen LogP contribution in [-0.2, 0) is 15.7 Å². The summed E-state index contributed by atoms with van der Waals surface area (Å²) in [4.78, 5) is 11.9. The predicted octanol–water partition coefficient (Wildman–Crippen LogP) is 3.72. The molecule has 0 spiro atoms. The Hall–Kier alpha value is -1.76. The van der Waals surface area contributed by atoms with E-state index >= 15 is 0 Å². The molecule has 1 N–H and O–H groups in total. The van der Waals surface area contributed by atoms with E-state index in [1.54, 1.807) is 6.92 Å². The van der Waals surface area contributed by atoms with E-state index in [-0.39, 0.29) is 29.9 Å². The monoisotopic (exact) mass is 319 g/mol. The summed E-state index contributed by atoms with van der Waals surface area (Å²) >= 11 is 0. The SMILES string of the molecule is CCC(C)C(=O)Nc1cc(C(F)(F)F)ccc1OCCOC. The van der Waals surface area contributed by atoms with Gasteiger partial charge in [-0.3, -0.25) is 4.79 Å². The Labute approximate surface area is 127 Å². The van der Waals surface area contributed by atoms with Gasteiger partial charge in [0.1, 0.15) is 12.4 Å². The largest absolute Gasteiger partial charge is 0.489 e. The van der Waals surface area contributed by atoms with Gasteiger partial charge in [-0.15, -0.1) is 0 Å². The second kappa shape index (κ2) is 8.03. The molecular weight excluding hydrogens is 299 g/mol. The molecule has 0 aliphatic carbocycles. The van der Waals surface area contributed by atoms with E-state index in [1.807, 2.05) is 6.92 Å². The molecule has 1 aromatic rings. The molecule has 124 valence electrons. The van der Waals surface area contributed by atoms with Gasteiger partial charge >= 0.3 is 6.18 Å². The first-order chi connectivity index (χ1) is 10.3. The molecule has 1 atom stereocenters. The van der Waals surface area contributed by atoms with Crippen LogP contribution in [0.15, 0.2) is 18.2 Å². The van der Waals surface area contributed by atoms with Crippen LogP contribution < -0.4 is 10.1 Å². The van der Waals surface area contributed by atoms with Gasteiger partial charge < -0.3 is 14.8 Å². The fourth-order valence-corrected chi connectivity index (χ4v) is 1.61. The zero-order chi connectivity index (χ0) is 16.8. The molecule has 0 bridgehead atoms. The first-order valence-electron chi connectivity index (χ1n) is 6.93. The molecule has 0 heterocycles. The van der Waals surface area contributed by atoms with Crippen LogP contribution in [0.25, 0.3) is 0 Å². The Morgan fingerprint density at radius 1 is 1.32 bits per heavy atom. The van der Waals surface area contributed by atoms with Gasteiger partial charge in [0.25, 0.3) is 0 Å². The van der Waals surface area contributed by atoms with Crippen molar-refractivity contribution in [2.24, 2.45) is 5.92 Å². The number of halogens is 3. The van der Waals surface area contributed by atoms with Gasteiger partial charge in [0.15, 0.2) is 0 Å². The van der Waals surface area contributed by atoms with Crippen molar-refractivity contribution in [1.82, 2.24) is 0 Å². The van der Waals surface area contributed by atoms with Crippen molar-refractivity contribution in [2.45, 2.75) is 26.4 Å². The van der Waals surface area contributed by atoms with Gasteiger partial charge in [0.2, 0.25) is 5.91 Å². The number of carbonyl (C=O) groups excluding carboxylic acids is 1. The van der Waals surface area contributed by atoms with Gasteiger partial charge in [-0.25, -0.2) is 0 Å². The topological polar surface area (TPSA) is 47.6 Å². The molecule has 0 saturated heterocycles. The summed E-state index contributed by atoms with van der Waals surface area (Å²) in [5, 5.41) is 2.50. The Morgan fingerprint density at radius 3 is 2.55 bits per heavy atom. The average Bonchev–Trinajstić information content (AvgIpc) is 2.46. The summed E-state index contributed by atoms with van der Waals surface area (Å²) in [5.74, 6) is -0.471. The summed E-state index contributed by atoms with van der Waals surface area (Å²) in [6.07, 6.45) is -3.90. The predicted molar refractivity (Wildman–Crippen MR) is 76.9 cm³/mol. The zero-order valence-electron chi connectivity index (χ0n) is 12.8. The maximum Gasteiger partial charge on any atom is 0.416 e. The summed E-state index contributed by atoms with van der Waals surface area (Å²) in [6, 6.07) is 2.99. The summed E-state index contributed by atoms with van der Waals surface area (Å²) in [7, 11) is 1.49. The lowest BCUT2D eigenvalue weighted by molar-refractivity contribution is -0.137. The smallest absolute Gasteiger partial charge is 0.416 e. The minimum absolute atomic E-state index is 0.0104. The van der Waals surface area contributed by atoms with Crippen LogP contribution in [0.5, 0.6) is 5.75 Å². The number of anilines is 1. The highest BCUT2D eigenvalue weighted by Crippen LogP contribution is 2.35. The maximum absolute atomic E-state index is 12.8. The molecular formula is C15H20F3NO3. The van der Waals surface area contributed by atoms with E-state index in [0.29, 0.717) is 13.0 Å². The molecule has 1 unspecified atom stereocenters. The number of hydrogen-bond acceptors (Lipinski definition) is 3. The number of alkyl halides is 3. The van der Waals surface area contributed by atoms with Crippen molar-refractivity contribution in [3.8, 4) is 5.75 Å². The number of nitrogens with one attached hydrogen (secondary N) is 1. The Morgan fingerprint density at radius 2 is 2.00 bits per heavy atom. The third-order valence-corrected chi connectivity index (χ3v) is 3.17. The van der Waals surface area contributed by atoms with E-state index in [4.69, 9.17) is 9.47 Å². The quantitative estimate of drug-likeness (QED) is 0.779. The molecule has 1 aromatic carbocycles. The standard InChI is InChI=1S/C15H20F3NO3/c1-4-10(2)14(20)19-12-9-11(15(16,17)18)5-6-13(12)22-8-7-21-3/h5-6,9-10H,4,7-8H2,1-3H3,(H,19,20). The number of benzene rings is 1. The third kappa shape index (κ3) is 5.22. The lowest BCUT2D eigenvalue weighted by Crippen LogP contribution is -2.21. The summed E-state index contributed by atoms with van der Waals surface area (Å²) < 4.78 is 48.6. The maximum atomic E-state index is 12.8. The third-order valence-electron chi connectivity index (χ3n) is 3.17. The molecule has 1 rings (SSSR count). The Kier molecular flexibility index (Phi) is 6.67. The number of carbonyl (C=O) groups is 1. The van der Waals surface area contributed by atoms with Crippen LogP contribution in [0, 0.1) is 5.92 Å². The highest BCUT2D eigenvalue weighted by molar-refractivity contribution is 5.93. The molecule has 4 nitrogen and oxygen atoms in total. The highest BCUT2D eigenvalue weighted by Gasteiger charge is 2.31. The lowest BCUT2D eigenvalue weighted by Gasteiger charge is -2.16. The van der Waals surface area contributed by atoms with E-state index in [1.165, 1.54) is 13.2 Å². The van der Waals surface area contributed by atoms with Crippen molar-refractivity contribution in [3.05, 3.63) is 23.8 Å². The van der Waals surface area contributed by atoms with Gasteiger partial charge in [-0.05, 0) is 24.6 Å². The summed E-state index contributed by atoms with van der Waals surface area (Å²) in [5.41, 5.74) is -0.831. The van der Waals surface area contributed by atoms with Crippen LogP contribution in [0.3, 0.4) is 0 Å². The minimum Gasteiger partial charge on any atom is -0.489 e. The van der Waals surface area contributed by atoms with E-state index in [0.717, 1.165) is 12.1 Å². The number of ether oxygens (including phenoxy) is 2. The lowest BCUT2D eigenvalue weighted by atomic mass is 10.1. The first kappa shape index (κ1) is 18.3. The van der Waals surface area contributed by atoms with E-state index < -0.39 is 11.7 Å². The molecule has 0 fully saturated rings. The van der Waals surface area contributed by atoms with Crippen LogP contribution >= 0.6 is 0 Å². The van der Waals surface area contributed by atoms with E-state index in [9.17, 15) is 18.0 Å². The fraction of sp³-hybridized carbons (Fsp3) is 0.533. The average molecular weight is 319 g/mol. The van der Waals surface area contributed by atoms with Crippen LogP contribution in [0.2, 0.25) is 0 Å². The molecule has 0 aliphatic heterocycles. The van der Waals surface area contributed by atoms with Crippen LogP contribution in [-0.4, -0.2) is 26.2 Å². The van der Waals surface area contributed by atoms with Crippen LogP contribution in [0.1, 0.15) is 25.8 Å². The second-order valence-electron chi connectivity index (χ2n) is 4.85. The van der Waals surface area contributed by atoms with Crippen molar-refractivity contribution in [3.63, 3.8) is 0 Å². The molecule has 0 saturated carbocycles. The number of hydrogen-bond donors (Lipinski definition) is 1.